The Morgan fingerprint density at radius 1 is 1.73 bits per heavy atom. The lowest BCUT2D eigenvalue weighted by atomic mass is 10.1. The minimum Gasteiger partial charge on any atom is -0.493 e. The van der Waals surface area contributed by atoms with E-state index >= 15 is 0 Å². The number of hydrogen-bond acceptors (Lipinski definition) is 4. The predicted molar refractivity (Wildman–Crippen MR) is 53.1 cm³/mol. The minimum absolute atomic E-state index is 0.0376. The van der Waals surface area contributed by atoms with Crippen molar-refractivity contribution in [1.82, 2.24) is 9.78 Å². The van der Waals surface area contributed by atoms with Crippen LogP contribution in [0.5, 0.6) is 5.75 Å². The summed E-state index contributed by atoms with van der Waals surface area (Å²) in [6, 6.07) is 0. The highest BCUT2D eigenvalue weighted by molar-refractivity contribution is 6.00. The van der Waals surface area contributed by atoms with Crippen LogP contribution in [-0.4, -0.2) is 35.4 Å². The number of ether oxygens (including phenoxy) is 2. The number of methoxy groups -OCH3 is 1. The van der Waals surface area contributed by atoms with Crippen LogP contribution in [0.2, 0.25) is 0 Å². The number of aryl methyl sites for hydroxylation is 1. The van der Waals surface area contributed by atoms with Crippen LogP contribution in [-0.2, 0) is 11.8 Å². The highest BCUT2D eigenvalue weighted by Gasteiger charge is 2.29. The van der Waals surface area contributed by atoms with Crippen LogP contribution in [0.25, 0.3) is 0 Å². The third-order valence-corrected chi connectivity index (χ3v) is 2.58. The average Bonchev–Trinajstić information content (AvgIpc) is 2.85. The summed E-state index contributed by atoms with van der Waals surface area (Å²) in [6.07, 6.45) is 2.95. The van der Waals surface area contributed by atoms with Crippen molar-refractivity contribution in [2.24, 2.45) is 7.05 Å². The first kappa shape index (κ1) is 10.2. The molecule has 0 aromatic carbocycles. The van der Waals surface area contributed by atoms with Gasteiger partial charge >= 0.3 is 0 Å². The number of hydrogen-bond donors (Lipinski definition) is 0. The van der Waals surface area contributed by atoms with Crippen molar-refractivity contribution in [3.63, 3.8) is 0 Å². The van der Waals surface area contributed by atoms with E-state index in [9.17, 15) is 4.79 Å². The topological polar surface area (TPSA) is 53.4 Å². The summed E-state index contributed by atoms with van der Waals surface area (Å²) in [4.78, 5) is 12.0. The molecule has 0 aliphatic carbocycles. The molecule has 1 unspecified atom stereocenters. The molecule has 5 nitrogen and oxygen atoms in total. The van der Waals surface area contributed by atoms with E-state index in [4.69, 9.17) is 9.47 Å². The van der Waals surface area contributed by atoms with Gasteiger partial charge in [-0.15, -0.1) is 0 Å². The van der Waals surface area contributed by atoms with E-state index in [1.807, 2.05) is 0 Å². The quantitative estimate of drug-likeness (QED) is 0.692. The zero-order valence-corrected chi connectivity index (χ0v) is 8.90. The second-order valence-corrected chi connectivity index (χ2v) is 3.55. The Morgan fingerprint density at radius 3 is 3.13 bits per heavy atom. The summed E-state index contributed by atoms with van der Waals surface area (Å²) < 4.78 is 12.0. The van der Waals surface area contributed by atoms with Crippen molar-refractivity contribution in [2.75, 3.05) is 13.7 Å². The van der Waals surface area contributed by atoms with Crippen LogP contribution in [0.4, 0.5) is 0 Å². The zero-order valence-electron chi connectivity index (χ0n) is 8.90. The summed E-state index contributed by atoms with van der Waals surface area (Å²) in [7, 11) is 3.26. The Balaban J connectivity index is 2.27. The third-order valence-electron chi connectivity index (χ3n) is 2.58. The molecule has 0 saturated carbocycles. The first-order valence-corrected chi connectivity index (χ1v) is 4.96. The SMILES string of the molecule is COc1cnn(C)c1C(=O)C1CCCO1. The van der Waals surface area contributed by atoms with E-state index in [1.54, 1.807) is 13.2 Å². The van der Waals surface area contributed by atoms with Gasteiger partial charge in [0.15, 0.2) is 5.75 Å². The normalized spacial score (nSPS) is 20.5. The maximum Gasteiger partial charge on any atom is 0.213 e. The molecule has 1 aromatic heterocycles. The molecule has 15 heavy (non-hydrogen) atoms. The van der Waals surface area contributed by atoms with E-state index in [0.717, 1.165) is 12.8 Å². The van der Waals surface area contributed by atoms with Gasteiger partial charge in [0.05, 0.1) is 13.3 Å². The van der Waals surface area contributed by atoms with Gasteiger partial charge in [-0.3, -0.25) is 9.48 Å². The van der Waals surface area contributed by atoms with Gasteiger partial charge in [0.1, 0.15) is 11.8 Å². The summed E-state index contributed by atoms with van der Waals surface area (Å²) in [5.74, 6) is 0.474. The molecule has 1 aliphatic rings. The molecule has 1 aliphatic heterocycles. The van der Waals surface area contributed by atoms with Crippen molar-refractivity contribution >= 4 is 5.78 Å². The molecule has 5 heteroatoms. The molecule has 2 heterocycles. The van der Waals surface area contributed by atoms with Crippen LogP contribution in [0.15, 0.2) is 6.20 Å². The summed E-state index contributed by atoms with van der Waals surface area (Å²) in [5, 5.41) is 4.00. The molecule has 2 rings (SSSR count). The van der Waals surface area contributed by atoms with Gasteiger partial charge in [-0.25, -0.2) is 0 Å². The van der Waals surface area contributed by atoms with E-state index in [2.05, 4.69) is 5.10 Å². The molecule has 82 valence electrons. The third kappa shape index (κ3) is 1.74. The van der Waals surface area contributed by atoms with Crippen LogP contribution in [0, 0.1) is 0 Å². The molecule has 0 N–H and O–H groups in total. The van der Waals surface area contributed by atoms with Gasteiger partial charge in [0.25, 0.3) is 0 Å². The Morgan fingerprint density at radius 2 is 2.53 bits per heavy atom. The van der Waals surface area contributed by atoms with Gasteiger partial charge in [-0.05, 0) is 12.8 Å². The van der Waals surface area contributed by atoms with Crippen molar-refractivity contribution < 1.29 is 14.3 Å². The summed E-state index contributed by atoms with van der Waals surface area (Å²) in [6.45, 7) is 0.663. The Kier molecular flexibility index (Phi) is 2.73. The number of ketones is 1. The molecule has 0 radical (unpaired) electrons. The molecular weight excluding hydrogens is 196 g/mol. The summed E-state index contributed by atoms with van der Waals surface area (Å²) in [5.41, 5.74) is 0.490. The van der Waals surface area contributed by atoms with E-state index < -0.39 is 0 Å². The van der Waals surface area contributed by atoms with Crippen molar-refractivity contribution in [3.05, 3.63) is 11.9 Å². The first-order chi connectivity index (χ1) is 7.24. The summed E-state index contributed by atoms with van der Waals surface area (Å²) >= 11 is 0. The standard InChI is InChI=1S/C10H14N2O3/c1-12-9(8(14-2)6-11-12)10(13)7-4-3-5-15-7/h6-7H,3-5H2,1-2H3. The maximum atomic E-state index is 12.0. The zero-order chi connectivity index (χ0) is 10.8. The Hall–Kier alpha value is -1.36. The molecule has 1 fully saturated rings. The van der Waals surface area contributed by atoms with Crippen LogP contribution < -0.4 is 4.74 Å². The van der Waals surface area contributed by atoms with Gasteiger partial charge in [0, 0.05) is 13.7 Å². The van der Waals surface area contributed by atoms with Gasteiger partial charge in [-0.2, -0.15) is 5.10 Å². The monoisotopic (exact) mass is 210 g/mol. The molecule has 0 amide bonds. The fraction of sp³-hybridized carbons (Fsp3) is 0.600. The molecule has 1 atom stereocenters. The number of rotatable bonds is 3. The van der Waals surface area contributed by atoms with Crippen molar-refractivity contribution in [1.29, 1.82) is 0 Å². The van der Waals surface area contributed by atoms with Gasteiger partial charge in [0.2, 0.25) is 5.78 Å². The molecule has 1 saturated heterocycles. The lowest BCUT2D eigenvalue weighted by Gasteiger charge is -2.09. The number of nitrogens with zero attached hydrogens (tertiary/aromatic N) is 2. The number of carbonyl (C=O) groups excluding carboxylic acids is 1. The van der Waals surface area contributed by atoms with Crippen molar-refractivity contribution in [2.45, 2.75) is 18.9 Å². The van der Waals surface area contributed by atoms with Crippen LogP contribution >= 0.6 is 0 Å². The largest absolute Gasteiger partial charge is 0.493 e. The minimum atomic E-state index is -0.325. The fourth-order valence-corrected chi connectivity index (χ4v) is 1.78. The van der Waals surface area contributed by atoms with Crippen molar-refractivity contribution in [3.8, 4) is 5.75 Å². The molecule has 1 aromatic rings. The highest BCUT2D eigenvalue weighted by atomic mass is 16.5. The second-order valence-electron chi connectivity index (χ2n) is 3.55. The first-order valence-electron chi connectivity index (χ1n) is 4.96. The average molecular weight is 210 g/mol. The smallest absolute Gasteiger partial charge is 0.213 e. The predicted octanol–water partition coefficient (Wildman–Crippen LogP) is 0.790. The fourth-order valence-electron chi connectivity index (χ4n) is 1.78. The molecule has 0 spiro atoms. The van der Waals surface area contributed by atoms with Gasteiger partial charge < -0.3 is 9.47 Å². The maximum absolute atomic E-state index is 12.0. The van der Waals surface area contributed by atoms with E-state index in [0.29, 0.717) is 18.1 Å². The number of aromatic nitrogens is 2. The molecular formula is C10H14N2O3. The van der Waals surface area contributed by atoms with E-state index in [-0.39, 0.29) is 11.9 Å². The molecule has 0 bridgehead atoms. The Labute approximate surface area is 88.0 Å². The lowest BCUT2D eigenvalue weighted by Crippen LogP contribution is -2.22. The Bertz CT molecular complexity index is 367. The highest BCUT2D eigenvalue weighted by Crippen LogP contribution is 2.23. The van der Waals surface area contributed by atoms with Gasteiger partial charge in [-0.1, -0.05) is 0 Å². The number of carbonyl (C=O) groups is 1. The second kappa shape index (κ2) is 4.02. The number of Topliss-reactive ketones (excluding diaryl/α,β-unsaturated/α-hetero) is 1. The van der Waals surface area contributed by atoms with Crippen LogP contribution in [0.3, 0.4) is 0 Å². The van der Waals surface area contributed by atoms with E-state index in [1.165, 1.54) is 11.8 Å². The lowest BCUT2D eigenvalue weighted by molar-refractivity contribution is 0.0630. The van der Waals surface area contributed by atoms with Crippen LogP contribution in [0.1, 0.15) is 23.3 Å².